The van der Waals surface area contributed by atoms with E-state index in [1.807, 2.05) is 19.1 Å². The zero-order valence-electron chi connectivity index (χ0n) is 9.33. The van der Waals surface area contributed by atoms with Crippen molar-refractivity contribution in [2.75, 3.05) is 7.11 Å². The first-order chi connectivity index (χ1) is 8.11. The Morgan fingerprint density at radius 1 is 1.41 bits per heavy atom. The number of aryl methyl sites for hydroxylation is 1. The van der Waals surface area contributed by atoms with Gasteiger partial charge in [-0.25, -0.2) is 9.97 Å². The van der Waals surface area contributed by atoms with Gasteiger partial charge in [0.15, 0.2) is 11.6 Å². The predicted molar refractivity (Wildman–Crippen MR) is 67.9 cm³/mol. The molecule has 90 valence electrons. The summed E-state index contributed by atoms with van der Waals surface area (Å²) in [5.41, 5.74) is 0.691. The summed E-state index contributed by atoms with van der Waals surface area (Å²) in [6.07, 6.45) is 0. The van der Waals surface area contributed by atoms with Gasteiger partial charge in [-0.15, -0.1) is 0 Å². The van der Waals surface area contributed by atoms with E-state index in [4.69, 9.17) is 20.8 Å². The number of halogens is 2. The first-order valence-electron chi connectivity index (χ1n) is 4.89. The molecule has 0 saturated carbocycles. The summed E-state index contributed by atoms with van der Waals surface area (Å²) in [6, 6.07) is 3.66. The number of hydrogen-bond acceptors (Lipinski definition) is 4. The summed E-state index contributed by atoms with van der Waals surface area (Å²) in [5, 5.41) is 0.344. The molecule has 0 fully saturated rings. The van der Waals surface area contributed by atoms with Crippen molar-refractivity contribution < 1.29 is 9.15 Å². The van der Waals surface area contributed by atoms with Crippen LogP contribution in [0.2, 0.25) is 5.15 Å². The Morgan fingerprint density at radius 3 is 2.76 bits per heavy atom. The third-order valence-electron chi connectivity index (χ3n) is 2.12. The Kier molecular flexibility index (Phi) is 3.81. The minimum Gasteiger partial charge on any atom is -0.458 e. The normalized spacial score (nSPS) is 10.8. The van der Waals surface area contributed by atoms with Gasteiger partial charge in [-0.1, -0.05) is 11.6 Å². The molecule has 0 aromatic carbocycles. The van der Waals surface area contributed by atoms with E-state index < -0.39 is 0 Å². The topological polar surface area (TPSA) is 48.2 Å². The molecule has 0 aliphatic carbocycles. The summed E-state index contributed by atoms with van der Waals surface area (Å²) in [6.45, 7) is 2.22. The van der Waals surface area contributed by atoms with Crippen LogP contribution in [0.25, 0.3) is 11.6 Å². The van der Waals surface area contributed by atoms with Crippen LogP contribution in [0.15, 0.2) is 21.0 Å². The van der Waals surface area contributed by atoms with E-state index in [-0.39, 0.29) is 0 Å². The van der Waals surface area contributed by atoms with Crippen LogP contribution >= 0.6 is 27.5 Å². The van der Waals surface area contributed by atoms with Crippen molar-refractivity contribution in [3.63, 3.8) is 0 Å². The Labute approximate surface area is 112 Å². The standard InChI is InChI=1S/C11H10BrClN2O2/c1-6-3-4-8(17-6)11-14-7(5-16-2)9(12)10(13)15-11/h3-4H,5H2,1-2H3. The number of furan rings is 1. The van der Waals surface area contributed by atoms with E-state index in [1.165, 1.54) is 0 Å². The second-order valence-electron chi connectivity index (χ2n) is 3.44. The van der Waals surface area contributed by atoms with Crippen molar-refractivity contribution in [3.05, 3.63) is 33.2 Å². The smallest absolute Gasteiger partial charge is 0.197 e. The van der Waals surface area contributed by atoms with Crippen molar-refractivity contribution in [2.24, 2.45) is 0 Å². The van der Waals surface area contributed by atoms with Crippen LogP contribution in [-0.2, 0) is 11.3 Å². The second-order valence-corrected chi connectivity index (χ2v) is 4.59. The molecule has 0 atom stereocenters. The Bertz CT molecular complexity index is 542. The molecule has 6 heteroatoms. The predicted octanol–water partition coefficient (Wildman–Crippen LogP) is 3.61. The molecule has 0 saturated heterocycles. The average Bonchev–Trinajstić information content (AvgIpc) is 2.71. The van der Waals surface area contributed by atoms with Crippen LogP contribution in [-0.4, -0.2) is 17.1 Å². The van der Waals surface area contributed by atoms with Crippen LogP contribution in [0.1, 0.15) is 11.5 Å². The summed E-state index contributed by atoms with van der Waals surface area (Å²) < 4.78 is 11.2. The maximum Gasteiger partial charge on any atom is 0.197 e. The van der Waals surface area contributed by atoms with Gasteiger partial charge in [0.2, 0.25) is 0 Å². The van der Waals surface area contributed by atoms with Gasteiger partial charge >= 0.3 is 0 Å². The van der Waals surface area contributed by atoms with Gasteiger partial charge < -0.3 is 9.15 Å². The van der Waals surface area contributed by atoms with Crippen molar-refractivity contribution >= 4 is 27.5 Å². The Balaban J connectivity index is 2.48. The lowest BCUT2D eigenvalue weighted by Crippen LogP contribution is -1.99. The second kappa shape index (κ2) is 5.16. The van der Waals surface area contributed by atoms with E-state index in [0.29, 0.717) is 33.5 Å². The summed E-state index contributed by atoms with van der Waals surface area (Å²) in [7, 11) is 1.60. The molecule has 0 aliphatic heterocycles. The van der Waals surface area contributed by atoms with E-state index in [1.54, 1.807) is 7.11 Å². The Morgan fingerprint density at radius 2 is 2.18 bits per heavy atom. The van der Waals surface area contributed by atoms with Gasteiger partial charge in [0.25, 0.3) is 0 Å². The third kappa shape index (κ3) is 2.68. The van der Waals surface area contributed by atoms with Crippen LogP contribution in [0.4, 0.5) is 0 Å². The summed E-state index contributed by atoms with van der Waals surface area (Å²) in [4.78, 5) is 8.50. The van der Waals surface area contributed by atoms with Gasteiger partial charge in [-0.3, -0.25) is 0 Å². The highest BCUT2D eigenvalue weighted by molar-refractivity contribution is 9.10. The zero-order chi connectivity index (χ0) is 12.4. The molecular formula is C11H10BrClN2O2. The SMILES string of the molecule is COCc1nc(-c2ccc(C)o2)nc(Cl)c1Br. The number of aromatic nitrogens is 2. The summed E-state index contributed by atoms with van der Waals surface area (Å²) in [5.74, 6) is 1.85. The first-order valence-corrected chi connectivity index (χ1v) is 6.06. The number of rotatable bonds is 3. The fraction of sp³-hybridized carbons (Fsp3) is 0.273. The van der Waals surface area contributed by atoms with Gasteiger partial charge in [-0.05, 0) is 35.0 Å². The molecule has 0 unspecified atom stereocenters. The molecule has 2 aromatic heterocycles. The molecule has 0 radical (unpaired) electrons. The van der Waals surface area contributed by atoms with Crippen LogP contribution in [0, 0.1) is 6.92 Å². The number of methoxy groups -OCH3 is 1. The highest BCUT2D eigenvalue weighted by Gasteiger charge is 2.13. The summed E-state index contributed by atoms with van der Waals surface area (Å²) >= 11 is 9.34. The van der Waals surface area contributed by atoms with E-state index in [2.05, 4.69) is 25.9 Å². The molecule has 0 spiro atoms. The minimum absolute atomic E-state index is 0.344. The van der Waals surface area contributed by atoms with Gasteiger partial charge in [0.1, 0.15) is 10.9 Å². The van der Waals surface area contributed by atoms with Crippen LogP contribution in [0.3, 0.4) is 0 Å². The molecule has 0 N–H and O–H groups in total. The van der Waals surface area contributed by atoms with Crippen molar-refractivity contribution in [1.29, 1.82) is 0 Å². The molecule has 2 rings (SSSR count). The molecule has 0 amide bonds. The average molecular weight is 318 g/mol. The number of ether oxygens (including phenoxy) is 1. The van der Waals surface area contributed by atoms with E-state index in [0.717, 1.165) is 5.76 Å². The lowest BCUT2D eigenvalue weighted by Gasteiger charge is -2.05. The Hall–Kier alpha value is -0.910. The molecule has 2 heterocycles. The zero-order valence-corrected chi connectivity index (χ0v) is 11.7. The molecule has 4 nitrogen and oxygen atoms in total. The fourth-order valence-corrected chi connectivity index (χ4v) is 1.84. The van der Waals surface area contributed by atoms with Crippen molar-refractivity contribution in [2.45, 2.75) is 13.5 Å². The van der Waals surface area contributed by atoms with Crippen molar-refractivity contribution in [1.82, 2.24) is 9.97 Å². The van der Waals surface area contributed by atoms with E-state index >= 15 is 0 Å². The lowest BCUT2D eigenvalue weighted by atomic mass is 10.3. The van der Waals surface area contributed by atoms with Gasteiger partial charge in [-0.2, -0.15) is 0 Å². The largest absolute Gasteiger partial charge is 0.458 e. The van der Waals surface area contributed by atoms with Crippen LogP contribution < -0.4 is 0 Å². The van der Waals surface area contributed by atoms with E-state index in [9.17, 15) is 0 Å². The van der Waals surface area contributed by atoms with Gasteiger partial charge in [0, 0.05) is 7.11 Å². The molecular weight excluding hydrogens is 307 g/mol. The highest BCUT2D eigenvalue weighted by Crippen LogP contribution is 2.28. The maximum atomic E-state index is 6.02. The fourth-order valence-electron chi connectivity index (χ4n) is 1.36. The number of hydrogen-bond donors (Lipinski definition) is 0. The molecule has 0 aliphatic rings. The van der Waals surface area contributed by atoms with Crippen LogP contribution in [0.5, 0.6) is 0 Å². The minimum atomic E-state index is 0.344. The first kappa shape index (κ1) is 12.5. The van der Waals surface area contributed by atoms with Crippen molar-refractivity contribution in [3.8, 4) is 11.6 Å². The molecule has 0 bridgehead atoms. The van der Waals surface area contributed by atoms with Gasteiger partial charge in [0.05, 0.1) is 16.8 Å². The number of nitrogens with zero attached hydrogens (tertiary/aromatic N) is 2. The highest BCUT2D eigenvalue weighted by atomic mass is 79.9. The molecule has 17 heavy (non-hydrogen) atoms. The quantitative estimate of drug-likeness (QED) is 0.811. The maximum absolute atomic E-state index is 6.02. The molecule has 2 aromatic rings. The monoisotopic (exact) mass is 316 g/mol. The third-order valence-corrected chi connectivity index (χ3v) is 3.46. The lowest BCUT2D eigenvalue weighted by molar-refractivity contribution is 0.181.